The van der Waals surface area contributed by atoms with Crippen molar-refractivity contribution < 1.29 is 9.53 Å². The molecule has 1 aliphatic heterocycles. The first kappa shape index (κ1) is 17.3. The Labute approximate surface area is 160 Å². The summed E-state index contributed by atoms with van der Waals surface area (Å²) in [5.41, 5.74) is 2.41. The number of benzene rings is 2. The van der Waals surface area contributed by atoms with Crippen LogP contribution in [0.25, 0.3) is 21.9 Å². The first-order valence-electron chi connectivity index (χ1n) is 8.36. The molecule has 1 atom stereocenters. The molecular formula is C20H16N4O2S. The van der Waals surface area contributed by atoms with Crippen LogP contribution >= 0.6 is 11.8 Å². The number of rotatable bonds is 3. The monoisotopic (exact) mass is 376 g/mol. The molecule has 134 valence electrons. The number of ether oxygens (including phenoxy) is 1. The van der Waals surface area contributed by atoms with E-state index < -0.39 is 4.93 Å². The molecule has 0 N–H and O–H groups in total. The molecule has 4 rings (SSSR count). The molecule has 27 heavy (non-hydrogen) atoms. The summed E-state index contributed by atoms with van der Waals surface area (Å²) in [5.74, 6) is 0. The second kappa shape index (κ2) is 6.56. The lowest BCUT2D eigenvalue weighted by Crippen LogP contribution is -2.26. The van der Waals surface area contributed by atoms with Crippen molar-refractivity contribution in [3.05, 3.63) is 54.5 Å². The molecule has 0 bridgehead atoms. The Morgan fingerprint density at radius 1 is 1.22 bits per heavy atom. The first-order valence-corrected chi connectivity index (χ1v) is 9.18. The Balaban J connectivity index is 1.82. The molecule has 1 amide bonds. The maximum absolute atomic E-state index is 11.8. The molecule has 1 aromatic heterocycles. The quantitative estimate of drug-likeness (QED) is 0.642. The second-order valence-electron chi connectivity index (χ2n) is 6.52. The number of nitriles is 1. The van der Waals surface area contributed by atoms with Crippen LogP contribution < -0.4 is 0 Å². The minimum absolute atomic E-state index is 0.343. The van der Waals surface area contributed by atoms with Gasteiger partial charge < -0.3 is 9.64 Å². The highest BCUT2D eigenvalue weighted by Crippen LogP contribution is 2.42. The van der Waals surface area contributed by atoms with Crippen molar-refractivity contribution in [3.8, 4) is 17.2 Å². The third-order valence-electron chi connectivity index (χ3n) is 4.46. The molecule has 1 unspecified atom stereocenters. The van der Waals surface area contributed by atoms with Crippen molar-refractivity contribution in [2.45, 2.75) is 16.9 Å². The van der Waals surface area contributed by atoms with Gasteiger partial charge in [0.1, 0.15) is 11.4 Å². The molecule has 0 saturated carbocycles. The molecule has 6 nitrogen and oxygen atoms in total. The summed E-state index contributed by atoms with van der Waals surface area (Å²) in [6.45, 7) is 2.34. The molecule has 1 saturated heterocycles. The Morgan fingerprint density at radius 2 is 2.00 bits per heavy atom. The molecular weight excluding hydrogens is 360 g/mol. The van der Waals surface area contributed by atoms with Gasteiger partial charge in [0.2, 0.25) is 0 Å². The van der Waals surface area contributed by atoms with Crippen molar-refractivity contribution in [1.82, 2.24) is 14.9 Å². The van der Waals surface area contributed by atoms with Gasteiger partial charge in [-0.3, -0.25) is 0 Å². The second-order valence-corrected chi connectivity index (χ2v) is 7.97. The molecule has 7 heteroatoms. The normalized spacial score (nSPS) is 19.1. The summed E-state index contributed by atoms with van der Waals surface area (Å²) in [5, 5.41) is 12.0. The predicted octanol–water partition coefficient (Wildman–Crippen LogP) is 4.06. The molecule has 2 aromatic carbocycles. The lowest BCUT2D eigenvalue weighted by molar-refractivity contribution is 0.127. The van der Waals surface area contributed by atoms with Crippen LogP contribution in [0.5, 0.6) is 0 Å². The van der Waals surface area contributed by atoms with E-state index in [9.17, 15) is 10.1 Å². The maximum atomic E-state index is 11.8. The van der Waals surface area contributed by atoms with Crippen LogP contribution in [0.3, 0.4) is 0 Å². The number of carbonyl (C=O) groups excluding carboxylic acids is 1. The molecule has 2 heterocycles. The standard InChI is InChI=1S/C20H16N4O2S/c1-20(11-24(2)19(25)26-20)27-18-17(10-22-12-23-18)16-8-7-13(9-21)14-5-3-4-6-15(14)16/h3-8,10,12H,11H2,1-2H3. The Bertz CT molecular complexity index is 1090. The van der Waals surface area contributed by atoms with Crippen molar-refractivity contribution in [3.63, 3.8) is 0 Å². The zero-order chi connectivity index (χ0) is 19.0. The third kappa shape index (κ3) is 3.09. The maximum Gasteiger partial charge on any atom is 0.411 e. The van der Waals surface area contributed by atoms with E-state index >= 15 is 0 Å². The lowest BCUT2D eigenvalue weighted by atomic mass is 9.97. The molecule has 0 spiro atoms. The van der Waals surface area contributed by atoms with Crippen LogP contribution in [-0.4, -0.2) is 39.5 Å². The third-order valence-corrected chi connectivity index (χ3v) is 5.63. The van der Waals surface area contributed by atoms with E-state index in [-0.39, 0.29) is 6.09 Å². The van der Waals surface area contributed by atoms with Gasteiger partial charge >= 0.3 is 6.09 Å². The predicted molar refractivity (Wildman–Crippen MR) is 103 cm³/mol. The largest absolute Gasteiger partial charge is 0.430 e. The van der Waals surface area contributed by atoms with Crippen LogP contribution in [0.2, 0.25) is 0 Å². The Morgan fingerprint density at radius 3 is 2.70 bits per heavy atom. The van der Waals surface area contributed by atoms with E-state index in [0.717, 1.165) is 26.9 Å². The van der Waals surface area contributed by atoms with Gasteiger partial charge in [-0.1, -0.05) is 42.1 Å². The fourth-order valence-corrected chi connectivity index (χ4v) is 4.42. The van der Waals surface area contributed by atoms with E-state index in [1.54, 1.807) is 18.1 Å². The number of hydrogen-bond acceptors (Lipinski definition) is 6. The average Bonchev–Trinajstić information content (AvgIpc) is 2.93. The zero-order valence-corrected chi connectivity index (χ0v) is 15.7. The van der Waals surface area contributed by atoms with Crippen LogP contribution in [0.1, 0.15) is 12.5 Å². The minimum atomic E-state index is -0.725. The number of thioether (sulfide) groups is 1. The number of likely N-dealkylation sites (N-methyl/N-ethyl adjacent to an activating group) is 1. The zero-order valence-electron chi connectivity index (χ0n) is 14.8. The number of fused-ring (bicyclic) bond motifs is 1. The van der Waals surface area contributed by atoms with Gasteiger partial charge in [-0.05, 0) is 23.9 Å². The first-order chi connectivity index (χ1) is 13.0. The smallest absolute Gasteiger partial charge is 0.411 e. The summed E-state index contributed by atoms with van der Waals surface area (Å²) < 4.78 is 5.53. The van der Waals surface area contributed by atoms with E-state index in [2.05, 4.69) is 16.0 Å². The van der Waals surface area contributed by atoms with Crippen molar-refractivity contribution in [1.29, 1.82) is 5.26 Å². The molecule has 1 fully saturated rings. The van der Waals surface area contributed by atoms with Gasteiger partial charge in [0.25, 0.3) is 0 Å². The number of hydrogen-bond donors (Lipinski definition) is 0. The topological polar surface area (TPSA) is 79.1 Å². The van der Waals surface area contributed by atoms with E-state index in [1.165, 1.54) is 18.1 Å². The highest BCUT2D eigenvalue weighted by Gasteiger charge is 2.41. The molecule has 0 aliphatic carbocycles. The minimum Gasteiger partial charge on any atom is -0.430 e. The number of cyclic esters (lactones) is 1. The van der Waals surface area contributed by atoms with Crippen LogP contribution in [0, 0.1) is 11.3 Å². The molecule has 0 radical (unpaired) electrons. The van der Waals surface area contributed by atoms with E-state index in [0.29, 0.717) is 12.1 Å². The van der Waals surface area contributed by atoms with Crippen molar-refractivity contribution >= 4 is 28.6 Å². The van der Waals surface area contributed by atoms with Crippen molar-refractivity contribution in [2.75, 3.05) is 13.6 Å². The number of amides is 1. The highest BCUT2D eigenvalue weighted by molar-refractivity contribution is 8.00. The van der Waals surface area contributed by atoms with Gasteiger partial charge in [0.05, 0.1) is 18.2 Å². The molecule has 3 aromatic rings. The van der Waals surface area contributed by atoms with Gasteiger partial charge in [0, 0.05) is 24.2 Å². The SMILES string of the molecule is CN1CC(C)(Sc2ncncc2-c2ccc(C#N)c3ccccc23)OC1=O. The van der Waals surface area contributed by atoms with Crippen LogP contribution in [0.4, 0.5) is 4.79 Å². The lowest BCUT2D eigenvalue weighted by Gasteiger charge is -2.21. The van der Waals surface area contributed by atoms with E-state index in [1.807, 2.05) is 43.3 Å². The molecule has 1 aliphatic rings. The highest BCUT2D eigenvalue weighted by atomic mass is 32.2. The summed E-state index contributed by atoms with van der Waals surface area (Å²) in [4.78, 5) is 21.3. The average molecular weight is 376 g/mol. The number of aromatic nitrogens is 2. The Kier molecular flexibility index (Phi) is 4.21. The van der Waals surface area contributed by atoms with Gasteiger partial charge in [-0.15, -0.1) is 0 Å². The summed E-state index contributed by atoms with van der Waals surface area (Å²) in [7, 11) is 1.71. The van der Waals surface area contributed by atoms with Crippen LogP contribution in [-0.2, 0) is 4.74 Å². The van der Waals surface area contributed by atoms with Crippen LogP contribution in [0.15, 0.2) is 53.9 Å². The summed E-state index contributed by atoms with van der Waals surface area (Å²) >= 11 is 1.40. The fraction of sp³-hybridized carbons (Fsp3) is 0.200. The van der Waals surface area contributed by atoms with Crippen molar-refractivity contribution in [2.24, 2.45) is 0 Å². The summed E-state index contributed by atoms with van der Waals surface area (Å²) in [6.07, 6.45) is 2.90. The van der Waals surface area contributed by atoms with Gasteiger partial charge in [-0.25, -0.2) is 14.8 Å². The van der Waals surface area contributed by atoms with E-state index in [4.69, 9.17) is 4.74 Å². The summed E-state index contributed by atoms with van der Waals surface area (Å²) in [6, 6.07) is 13.7. The number of nitrogens with zero attached hydrogens (tertiary/aromatic N) is 4. The number of carbonyl (C=O) groups is 1. The van der Waals surface area contributed by atoms with Gasteiger partial charge in [0.15, 0.2) is 4.93 Å². The fourth-order valence-electron chi connectivity index (χ4n) is 3.26. The Hall–Kier alpha value is -3.11. The van der Waals surface area contributed by atoms with Gasteiger partial charge in [-0.2, -0.15) is 5.26 Å².